The summed E-state index contributed by atoms with van der Waals surface area (Å²) < 4.78 is 108. The summed E-state index contributed by atoms with van der Waals surface area (Å²) >= 11 is 6.32. The van der Waals surface area contributed by atoms with E-state index in [2.05, 4.69) is 20.6 Å². The van der Waals surface area contributed by atoms with Gasteiger partial charge in [0.2, 0.25) is 5.82 Å². The maximum Gasteiger partial charge on any atom is 0.433 e. The monoisotopic (exact) mass is 701 g/mol. The minimum absolute atomic E-state index is 0.0335. The van der Waals surface area contributed by atoms with Gasteiger partial charge in [-0.15, -0.1) is 0 Å². The van der Waals surface area contributed by atoms with Gasteiger partial charge < -0.3 is 15.2 Å². The zero-order chi connectivity index (χ0) is 35.7. The zero-order valence-electron chi connectivity index (χ0n) is 25.0. The number of aromatic nitrogens is 3. The normalized spacial score (nSPS) is 13.2. The van der Waals surface area contributed by atoms with Crippen molar-refractivity contribution in [2.24, 2.45) is 0 Å². The summed E-state index contributed by atoms with van der Waals surface area (Å²) in [7, 11) is 0. The maximum absolute atomic E-state index is 14.3. The molecule has 2 amide bonds. The quantitative estimate of drug-likeness (QED) is 0.174. The summed E-state index contributed by atoms with van der Waals surface area (Å²) in [6.07, 6.45) is -8.81. The van der Waals surface area contributed by atoms with Crippen LogP contribution in [-0.2, 0) is 23.7 Å². The molecule has 0 saturated carbocycles. The molecule has 0 unspecified atom stereocenters. The predicted octanol–water partition coefficient (Wildman–Crippen LogP) is 7.73. The second kappa shape index (κ2) is 13.7. The van der Waals surface area contributed by atoms with Gasteiger partial charge in [-0.25, -0.2) is 13.8 Å². The van der Waals surface area contributed by atoms with Gasteiger partial charge in [0, 0.05) is 22.7 Å². The van der Waals surface area contributed by atoms with E-state index >= 15 is 0 Å². The lowest BCUT2D eigenvalue weighted by Crippen LogP contribution is -2.30. The average Bonchev–Trinajstić information content (AvgIpc) is 3.33. The number of hydrogen-bond donors (Lipinski definition) is 2. The molecule has 0 aliphatic rings. The third-order valence-corrected chi connectivity index (χ3v) is 7.41. The number of nitrogens with one attached hydrogen (secondary N) is 2. The Balaban J connectivity index is 1.82. The summed E-state index contributed by atoms with van der Waals surface area (Å²) in [6.45, 7) is 3.49. The second-order valence-corrected chi connectivity index (χ2v) is 11.1. The molecule has 4 rings (SSSR count). The highest BCUT2D eigenvalue weighted by Crippen LogP contribution is 2.36. The lowest BCUT2D eigenvalue weighted by molar-refractivity contribution is -0.141. The molecule has 2 N–H and O–H groups in total. The number of Topliss-reactive ketones (excluding diaryl/α,β-unsaturated/α-hetero) is 1. The summed E-state index contributed by atoms with van der Waals surface area (Å²) in [6, 6.07) is 5.28. The van der Waals surface area contributed by atoms with Gasteiger partial charge in [-0.2, -0.15) is 26.3 Å². The van der Waals surface area contributed by atoms with E-state index in [4.69, 9.17) is 11.6 Å². The van der Waals surface area contributed by atoms with Crippen molar-refractivity contribution in [3.63, 3.8) is 0 Å². The van der Waals surface area contributed by atoms with E-state index in [1.165, 1.54) is 19.9 Å². The van der Waals surface area contributed by atoms with Crippen LogP contribution in [0.5, 0.6) is 0 Å². The fourth-order valence-electron chi connectivity index (χ4n) is 4.78. The maximum atomic E-state index is 14.3. The number of carbonyl (C=O) groups is 3. The average molecular weight is 702 g/mol. The van der Waals surface area contributed by atoms with Crippen molar-refractivity contribution in [1.29, 1.82) is 0 Å². The van der Waals surface area contributed by atoms with Crippen LogP contribution >= 0.6 is 11.6 Å². The largest absolute Gasteiger partial charge is 0.433 e. The number of ketones is 1. The molecule has 2 heterocycles. The molecule has 0 fully saturated rings. The van der Waals surface area contributed by atoms with Gasteiger partial charge in [-0.3, -0.25) is 19.4 Å². The van der Waals surface area contributed by atoms with E-state index in [1.54, 1.807) is 0 Å². The smallest absolute Gasteiger partial charge is 0.343 e. The van der Waals surface area contributed by atoms with Crippen LogP contribution in [0.15, 0.2) is 54.7 Å². The molecule has 2 atom stereocenters. The molecule has 8 nitrogen and oxygen atoms in total. The van der Waals surface area contributed by atoms with Gasteiger partial charge in [0.05, 0.1) is 23.8 Å². The molecule has 2 aromatic carbocycles. The van der Waals surface area contributed by atoms with Crippen molar-refractivity contribution < 1.29 is 49.5 Å². The van der Waals surface area contributed by atoms with E-state index < -0.39 is 88.6 Å². The van der Waals surface area contributed by atoms with Crippen molar-refractivity contribution in [2.45, 2.75) is 51.6 Å². The number of benzene rings is 2. The Labute approximate surface area is 272 Å². The first-order valence-electron chi connectivity index (χ1n) is 13.8. The number of alkyl halides is 6. The van der Waals surface area contributed by atoms with Crippen LogP contribution < -0.4 is 10.6 Å². The highest BCUT2D eigenvalue weighted by Gasteiger charge is 2.34. The van der Waals surface area contributed by atoms with Crippen LogP contribution in [-0.4, -0.2) is 32.1 Å². The number of halogens is 9. The third kappa shape index (κ3) is 8.16. The molecule has 0 radical (unpaired) electrons. The number of imidazole rings is 1. The first-order chi connectivity index (χ1) is 22.3. The molecule has 0 saturated heterocycles. The number of rotatable bonds is 9. The number of anilines is 1. The molecule has 17 heteroatoms. The SMILES string of the molecule is CC(=O)Cn1c(C(=O)N[C@H](C)c2ccc(C(F)(F)F)nc2)nc(NC(=O)c2cc(F)cc(C(F)(F)F)c2)c1[C@@H](C)c1cc(F)ccc1Cl. The van der Waals surface area contributed by atoms with Crippen LogP contribution in [0.4, 0.5) is 40.9 Å². The Kier molecular flexibility index (Phi) is 10.3. The Bertz CT molecular complexity index is 1870. The van der Waals surface area contributed by atoms with Crippen LogP contribution in [0.3, 0.4) is 0 Å². The Morgan fingerprint density at radius 3 is 2.17 bits per heavy atom. The Morgan fingerprint density at radius 1 is 0.896 bits per heavy atom. The van der Waals surface area contributed by atoms with E-state index in [0.717, 1.165) is 35.9 Å². The van der Waals surface area contributed by atoms with Crippen LogP contribution in [0.2, 0.25) is 5.02 Å². The van der Waals surface area contributed by atoms with Crippen LogP contribution in [0.1, 0.15) is 81.8 Å². The van der Waals surface area contributed by atoms with Gasteiger partial charge in [0.15, 0.2) is 5.82 Å². The van der Waals surface area contributed by atoms with Crippen molar-refractivity contribution in [3.8, 4) is 0 Å². The standard InChI is InChI=1S/C31H24ClF8N5O3/c1-14(46)13-45-25(15(2)22-11-20(33)5-6-23(22)32)26(44-28(47)18-8-19(30(35,36)37)10-21(34)9-18)43-27(45)29(48)42-16(3)17-4-7-24(41-12-17)31(38,39)40/h4-12,15-16H,13H2,1-3H3,(H,42,48)(H,44,47)/t15-,16+/m0/s1. The summed E-state index contributed by atoms with van der Waals surface area (Å²) in [5.74, 6) is -6.90. The zero-order valence-corrected chi connectivity index (χ0v) is 25.8. The predicted molar refractivity (Wildman–Crippen MR) is 156 cm³/mol. The molecule has 0 spiro atoms. The van der Waals surface area contributed by atoms with E-state index in [0.29, 0.717) is 18.2 Å². The first-order valence-corrected chi connectivity index (χ1v) is 14.2. The molecule has 0 aliphatic heterocycles. The molecule has 4 aromatic rings. The number of hydrogen-bond acceptors (Lipinski definition) is 5. The topological polar surface area (TPSA) is 106 Å². The van der Waals surface area contributed by atoms with E-state index in [1.807, 2.05) is 0 Å². The number of pyridine rings is 1. The number of amides is 2. The molecular weight excluding hydrogens is 678 g/mol. The molecule has 0 bridgehead atoms. The molecular formula is C31H24ClF8N5O3. The first kappa shape index (κ1) is 36.0. The van der Waals surface area contributed by atoms with E-state index in [9.17, 15) is 49.5 Å². The molecule has 48 heavy (non-hydrogen) atoms. The minimum atomic E-state index is -5.00. The van der Waals surface area contributed by atoms with Gasteiger partial charge in [-0.05, 0) is 67.4 Å². The summed E-state index contributed by atoms with van der Waals surface area (Å²) in [4.78, 5) is 46.7. The fourth-order valence-corrected chi connectivity index (χ4v) is 5.07. The van der Waals surface area contributed by atoms with Crippen LogP contribution in [0.25, 0.3) is 0 Å². The third-order valence-electron chi connectivity index (χ3n) is 7.07. The summed E-state index contributed by atoms with van der Waals surface area (Å²) in [5.41, 5.74) is -3.23. The van der Waals surface area contributed by atoms with E-state index in [-0.39, 0.29) is 27.9 Å². The van der Waals surface area contributed by atoms with Gasteiger partial charge in [0.25, 0.3) is 11.8 Å². The molecule has 254 valence electrons. The molecule has 2 aromatic heterocycles. The number of carbonyl (C=O) groups excluding carboxylic acids is 3. The van der Waals surface area contributed by atoms with Crippen molar-refractivity contribution in [3.05, 3.63) is 111 Å². The van der Waals surface area contributed by atoms with Crippen molar-refractivity contribution in [2.75, 3.05) is 5.32 Å². The lowest BCUT2D eigenvalue weighted by atomic mass is 9.96. The van der Waals surface area contributed by atoms with Gasteiger partial charge in [-0.1, -0.05) is 24.6 Å². The minimum Gasteiger partial charge on any atom is -0.343 e. The highest BCUT2D eigenvalue weighted by atomic mass is 35.5. The Hall–Kier alpha value is -4.86. The second-order valence-electron chi connectivity index (χ2n) is 10.7. The lowest BCUT2D eigenvalue weighted by Gasteiger charge is -2.20. The number of nitrogens with zero attached hydrogens (tertiary/aromatic N) is 3. The summed E-state index contributed by atoms with van der Waals surface area (Å²) in [5, 5.41) is 4.81. The van der Waals surface area contributed by atoms with Gasteiger partial charge >= 0.3 is 12.4 Å². The fraction of sp³-hybridized carbons (Fsp3) is 0.258. The Morgan fingerprint density at radius 2 is 1.58 bits per heavy atom. The van der Waals surface area contributed by atoms with Crippen molar-refractivity contribution in [1.82, 2.24) is 19.9 Å². The molecule has 0 aliphatic carbocycles. The van der Waals surface area contributed by atoms with Gasteiger partial charge in [0.1, 0.15) is 23.1 Å². The highest BCUT2D eigenvalue weighted by molar-refractivity contribution is 6.31. The van der Waals surface area contributed by atoms with Crippen molar-refractivity contribution >= 4 is 35.0 Å². The van der Waals surface area contributed by atoms with Crippen LogP contribution in [0, 0.1) is 11.6 Å².